The minimum absolute atomic E-state index is 0.0547. The quantitative estimate of drug-likeness (QED) is 0.593. The highest BCUT2D eigenvalue weighted by Gasteiger charge is 2.36. The van der Waals surface area contributed by atoms with Gasteiger partial charge in [-0.1, -0.05) is 5.92 Å². The zero-order chi connectivity index (χ0) is 25.7. The minimum Gasteiger partial charge on any atom is -0.490 e. The molecule has 1 aromatic carbocycles. The van der Waals surface area contributed by atoms with Gasteiger partial charge in [-0.3, -0.25) is 9.78 Å². The summed E-state index contributed by atoms with van der Waals surface area (Å²) in [6.07, 6.45) is 7.97. The topological polar surface area (TPSA) is 78.2 Å². The van der Waals surface area contributed by atoms with Crippen molar-refractivity contribution >= 4 is 5.91 Å². The number of nitrogens with zero attached hydrogens (tertiary/aromatic N) is 3. The lowest BCUT2D eigenvalue weighted by molar-refractivity contribution is -0.137. The molecule has 0 spiro atoms. The van der Waals surface area contributed by atoms with Crippen LogP contribution < -0.4 is 10.1 Å². The Balaban J connectivity index is 1.33. The van der Waals surface area contributed by atoms with Crippen molar-refractivity contribution in [3.8, 4) is 35.3 Å². The van der Waals surface area contributed by atoms with E-state index in [1.54, 1.807) is 12.1 Å². The van der Waals surface area contributed by atoms with Gasteiger partial charge in [0.1, 0.15) is 11.8 Å². The number of aromatic nitrogens is 1. The van der Waals surface area contributed by atoms with Gasteiger partial charge in [-0.2, -0.15) is 18.4 Å². The predicted octanol–water partition coefficient (Wildman–Crippen LogP) is 4.56. The van der Waals surface area contributed by atoms with E-state index in [9.17, 15) is 23.2 Å². The Morgan fingerprint density at radius 3 is 2.44 bits per heavy atom. The Morgan fingerprint density at radius 2 is 1.81 bits per heavy atom. The van der Waals surface area contributed by atoms with Crippen LogP contribution in [0.4, 0.5) is 13.2 Å². The summed E-state index contributed by atoms with van der Waals surface area (Å²) in [5, 5.41) is 12.6. The van der Waals surface area contributed by atoms with Crippen LogP contribution in [0.3, 0.4) is 0 Å². The van der Waals surface area contributed by atoms with Crippen molar-refractivity contribution in [1.29, 1.82) is 5.26 Å². The van der Waals surface area contributed by atoms with E-state index in [1.807, 2.05) is 0 Å². The fourth-order valence-electron chi connectivity index (χ4n) is 4.96. The molecule has 2 heterocycles. The summed E-state index contributed by atoms with van der Waals surface area (Å²) in [6.45, 7) is 0.112. The average molecular weight is 497 g/mol. The lowest BCUT2D eigenvalue weighted by Crippen LogP contribution is -2.47. The third-order valence-corrected chi connectivity index (χ3v) is 6.82. The summed E-state index contributed by atoms with van der Waals surface area (Å²) in [5.74, 6) is 2.81. The number of carbonyl (C=O) groups is 1. The number of amides is 1. The molecule has 1 N–H and O–H groups in total. The molecule has 0 radical (unpaired) electrons. The van der Waals surface area contributed by atoms with Crippen LogP contribution in [0.5, 0.6) is 5.75 Å². The molecule has 1 saturated carbocycles. The molecule has 9 heteroatoms. The van der Waals surface area contributed by atoms with E-state index in [2.05, 4.69) is 22.3 Å². The van der Waals surface area contributed by atoms with E-state index in [0.717, 1.165) is 18.9 Å². The molecule has 6 nitrogen and oxygen atoms in total. The van der Waals surface area contributed by atoms with Crippen LogP contribution in [0.15, 0.2) is 42.7 Å². The van der Waals surface area contributed by atoms with Crippen LogP contribution >= 0.6 is 0 Å². The lowest BCUT2D eigenvalue weighted by Gasteiger charge is -2.31. The molecule has 2 aliphatic rings. The fraction of sp³-hybridized carbons (Fsp3) is 0.444. The molecule has 1 amide bonds. The first-order valence-corrected chi connectivity index (χ1v) is 12.0. The van der Waals surface area contributed by atoms with Crippen LogP contribution in [0.2, 0.25) is 0 Å². The summed E-state index contributed by atoms with van der Waals surface area (Å²) in [4.78, 5) is 18.1. The predicted molar refractivity (Wildman–Crippen MR) is 127 cm³/mol. The van der Waals surface area contributed by atoms with E-state index >= 15 is 0 Å². The Hall–Kier alpha value is -3.56. The van der Waals surface area contributed by atoms with Gasteiger partial charge >= 0.3 is 6.18 Å². The van der Waals surface area contributed by atoms with Gasteiger partial charge in [-0.05, 0) is 80.0 Å². The van der Waals surface area contributed by atoms with Crippen LogP contribution in [0.1, 0.15) is 44.1 Å². The summed E-state index contributed by atoms with van der Waals surface area (Å²) in [6, 6.07) is 8.38. The summed E-state index contributed by atoms with van der Waals surface area (Å²) >= 11 is 0. The molecule has 4 rings (SSSR count). The third kappa shape index (κ3) is 5.80. The SMILES string of the molecule is C#CC1CC[C@@H](C#N)N1C(=O)CNC1CCC(Oc2ccc(C(F)(F)F)c(-c3ccncc3)c2)CC1. The molecule has 0 bridgehead atoms. The Labute approximate surface area is 208 Å². The standard InChI is InChI=1S/C27H27F3N4O2/c1-2-20-5-6-21(16-31)34(20)26(35)17-33-19-3-7-22(8-4-19)36-23-9-10-25(27(28,29)30)24(15-23)18-11-13-32-14-12-18/h1,9-15,19-22,33H,3-8,17H2/t19?,20?,21-,22?/m0/s1. The Kier molecular flexibility index (Phi) is 7.81. The maximum atomic E-state index is 13.6. The lowest BCUT2D eigenvalue weighted by atomic mass is 9.92. The Bertz CT molecular complexity index is 1130. The molecule has 1 aliphatic heterocycles. The number of hydrogen-bond donors (Lipinski definition) is 1. The van der Waals surface area contributed by atoms with Gasteiger partial charge in [0.15, 0.2) is 0 Å². The average Bonchev–Trinajstić information content (AvgIpc) is 3.31. The van der Waals surface area contributed by atoms with Crippen LogP contribution in [0.25, 0.3) is 11.1 Å². The molecule has 1 saturated heterocycles. The number of hydrogen-bond acceptors (Lipinski definition) is 5. The second-order valence-corrected chi connectivity index (χ2v) is 9.12. The molecular weight excluding hydrogens is 469 g/mol. The van der Waals surface area contributed by atoms with Gasteiger partial charge in [-0.15, -0.1) is 6.42 Å². The minimum atomic E-state index is -4.49. The number of nitriles is 1. The first kappa shape index (κ1) is 25.5. The van der Waals surface area contributed by atoms with E-state index in [0.29, 0.717) is 37.0 Å². The number of benzene rings is 1. The number of carbonyl (C=O) groups excluding carboxylic acids is 1. The second kappa shape index (κ2) is 11.0. The van der Waals surface area contributed by atoms with E-state index in [-0.39, 0.29) is 36.2 Å². The van der Waals surface area contributed by atoms with Crippen molar-refractivity contribution in [3.05, 3.63) is 48.3 Å². The van der Waals surface area contributed by atoms with Gasteiger partial charge < -0.3 is 15.0 Å². The van der Waals surface area contributed by atoms with Crippen molar-refractivity contribution in [3.63, 3.8) is 0 Å². The summed E-state index contributed by atoms with van der Waals surface area (Å²) in [5.41, 5.74) is -0.245. The number of alkyl halides is 3. The number of terminal acetylenes is 1. The smallest absolute Gasteiger partial charge is 0.417 e. The third-order valence-electron chi connectivity index (χ3n) is 6.82. The van der Waals surface area contributed by atoms with Crippen LogP contribution in [-0.2, 0) is 11.0 Å². The van der Waals surface area contributed by atoms with Crippen molar-refractivity contribution in [2.24, 2.45) is 0 Å². The van der Waals surface area contributed by atoms with Gasteiger partial charge in [0, 0.05) is 18.4 Å². The summed E-state index contributed by atoms with van der Waals surface area (Å²) < 4.78 is 46.7. The molecule has 1 unspecified atom stereocenters. The maximum Gasteiger partial charge on any atom is 0.417 e. The van der Waals surface area contributed by atoms with Gasteiger partial charge in [0.25, 0.3) is 0 Å². The van der Waals surface area contributed by atoms with E-state index in [1.165, 1.54) is 29.4 Å². The zero-order valence-corrected chi connectivity index (χ0v) is 19.7. The maximum absolute atomic E-state index is 13.6. The molecule has 2 atom stereocenters. The highest BCUT2D eigenvalue weighted by Crippen LogP contribution is 2.39. The monoisotopic (exact) mass is 496 g/mol. The van der Waals surface area contributed by atoms with Gasteiger partial charge in [0.2, 0.25) is 5.91 Å². The Morgan fingerprint density at radius 1 is 1.11 bits per heavy atom. The van der Waals surface area contributed by atoms with Gasteiger partial charge in [-0.25, -0.2) is 0 Å². The summed E-state index contributed by atoms with van der Waals surface area (Å²) in [7, 11) is 0. The van der Waals surface area contributed by atoms with E-state index in [4.69, 9.17) is 11.2 Å². The molecule has 1 aliphatic carbocycles. The molecular formula is C27H27F3N4O2. The molecule has 188 valence electrons. The zero-order valence-electron chi connectivity index (χ0n) is 19.7. The van der Waals surface area contributed by atoms with Gasteiger partial charge in [0.05, 0.1) is 30.3 Å². The molecule has 36 heavy (non-hydrogen) atoms. The van der Waals surface area contributed by atoms with Crippen molar-refractivity contribution in [2.45, 2.75) is 68.9 Å². The largest absolute Gasteiger partial charge is 0.490 e. The number of nitrogens with one attached hydrogen (secondary N) is 1. The first-order valence-electron chi connectivity index (χ1n) is 12.0. The normalized spacial score (nSPS) is 24.1. The van der Waals surface area contributed by atoms with Crippen LogP contribution in [-0.4, -0.2) is 46.6 Å². The van der Waals surface area contributed by atoms with Crippen molar-refractivity contribution in [1.82, 2.24) is 15.2 Å². The highest BCUT2D eigenvalue weighted by atomic mass is 19.4. The first-order chi connectivity index (χ1) is 17.3. The highest BCUT2D eigenvalue weighted by molar-refractivity contribution is 5.80. The van der Waals surface area contributed by atoms with E-state index < -0.39 is 17.8 Å². The fourth-order valence-corrected chi connectivity index (χ4v) is 4.96. The number of pyridine rings is 1. The van der Waals surface area contributed by atoms with Crippen molar-refractivity contribution in [2.75, 3.05) is 6.54 Å². The number of rotatable bonds is 6. The van der Waals surface area contributed by atoms with Crippen molar-refractivity contribution < 1.29 is 22.7 Å². The number of halogens is 3. The molecule has 1 aromatic heterocycles. The number of likely N-dealkylation sites (tertiary alicyclic amines) is 1. The van der Waals surface area contributed by atoms with Crippen LogP contribution in [0, 0.1) is 23.7 Å². The number of ether oxygens (including phenoxy) is 1. The molecule has 2 fully saturated rings. The second-order valence-electron chi connectivity index (χ2n) is 9.12. The molecule has 2 aromatic rings.